The molecule has 1 aliphatic heterocycles. The molecule has 2 heterocycles. The number of benzene rings is 1. The molecule has 0 atom stereocenters. The van der Waals surface area contributed by atoms with Crippen molar-refractivity contribution in [3.05, 3.63) is 47.8 Å². The molecule has 0 spiro atoms. The van der Waals surface area contributed by atoms with Gasteiger partial charge in [0.2, 0.25) is 5.91 Å². The summed E-state index contributed by atoms with van der Waals surface area (Å²) in [6.07, 6.45) is 4.85. The number of halogens is 1. The summed E-state index contributed by atoms with van der Waals surface area (Å²) in [6, 6.07) is 7.73. The van der Waals surface area contributed by atoms with E-state index in [0.29, 0.717) is 19.4 Å². The molecular formula is C21H30ClN5O2. The lowest BCUT2D eigenvalue weighted by Crippen LogP contribution is -2.56. The molecule has 2 N–H and O–H groups in total. The highest BCUT2D eigenvalue weighted by Gasteiger charge is 2.44. The third-order valence-corrected chi connectivity index (χ3v) is 5.52. The molecule has 0 radical (unpaired) electrons. The number of nitrogens with one attached hydrogen (secondary N) is 2. The number of hydrogen-bond donors (Lipinski definition) is 2. The van der Waals surface area contributed by atoms with E-state index >= 15 is 0 Å². The first-order valence-corrected chi connectivity index (χ1v) is 9.84. The molecule has 2 aromatic rings. The van der Waals surface area contributed by atoms with Crippen LogP contribution in [0.25, 0.3) is 0 Å². The molecule has 0 bridgehead atoms. The summed E-state index contributed by atoms with van der Waals surface area (Å²) in [5.74, 6) is -0.228. The Hall–Kier alpha value is -2.38. The Balaban J connectivity index is 0.00000300. The van der Waals surface area contributed by atoms with Crippen LogP contribution >= 0.6 is 12.4 Å². The van der Waals surface area contributed by atoms with Crippen molar-refractivity contribution < 1.29 is 9.59 Å². The molecule has 1 fully saturated rings. The molecule has 8 heteroatoms. The Morgan fingerprint density at radius 2 is 1.86 bits per heavy atom. The maximum atomic E-state index is 13.5. The van der Waals surface area contributed by atoms with Crippen molar-refractivity contribution in [1.82, 2.24) is 20.0 Å². The molecule has 1 aromatic carbocycles. The van der Waals surface area contributed by atoms with E-state index in [-0.39, 0.29) is 30.8 Å². The van der Waals surface area contributed by atoms with Gasteiger partial charge in [0.15, 0.2) is 0 Å². The average Bonchev–Trinajstić information content (AvgIpc) is 3.24. The van der Waals surface area contributed by atoms with Crippen LogP contribution in [0.2, 0.25) is 0 Å². The van der Waals surface area contributed by atoms with Crippen molar-refractivity contribution >= 4 is 29.9 Å². The zero-order valence-corrected chi connectivity index (χ0v) is 18.1. The number of amides is 2. The Bertz CT molecular complexity index is 811. The van der Waals surface area contributed by atoms with Gasteiger partial charge in [0, 0.05) is 24.6 Å². The summed E-state index contributed by atoms with van der Waals surface area (Å²) in [5.41, 5.74) is 2.10. The van der Waals surface area contributed by atoms with Crippen molar-refractivity contribution in [2.45, 2.75) is 39.2 Å². The van der Waals surface area contributed by atoms with Crippen molar-refractivity contribution in [2.75, 3.05) is 31.5 Å². The molecule has 0 saturated carbocycles. The fraction of sp³-hybridized carbons (Fsp3) is 0.476. The number of aromatic nitrogens is 2. The molecular weight excluding hydrogens is 390 g/mol. The van der Waals surface area contributed by atoms with E-state index in [1.807, 2.05) is 51.2 Å². The summed E-state index contributed by atoms with van der Waals surface area (Å²) in [7, 11) is 0. The van der Waals surface area contributed by atoms with Gasteiger partial charge in [-0.2, -0.15) is 5.10 Å². The first kappa shape index (κ1) is 22.9. The van der Waals surface area contributed by atoms with Gasteiger partial charge in [-0.15, -0.1) is 12.4 Å². The second-order valence-electron chi connectivity index (χ2n) is 7.37. The van der Waals surface area contributed by atoms with Gasteiger partial charge in [0.05, 0.1) is 6.54 Å². The summed E-state index contributed by atoms with van der Waals surface area (Å²) >= 11 is 0. The van der Waals surface area contributed by atoms with Crippen LogP contribution in [-0.2, 0) is 15.1 Å². The minimum absolute atomic E-state index is 0. The molecule has 0 aliphatic carbocycles. The number of nitrogens with zero attached hydrogens (tertiary/aromatic N) is 3. The summed E-state index contributed by atoms with van der Waals surface area (Å²) in [6.45, 7) is 7.83. The first-order valence-electron chi connectivity index (χ1n) is 9.84. The lowest BCUT2D eigenvalue weighted by Gasteiger charge is -2.39. The Kier molecular flexibility index (Phi) is 7.81. The van der Waals surface area contributed by atoms with Gasteiger partial charge >= 0.3 is 0 Å². The topological polar surface area (TPSA) is 79.3 Å². The number of carbonyl (C=O) groups is 2. The first-order chi connectivity index (χ1) is 13.5. The van der Waals surface area contributed by atoms with Crippen molar-refractivity contribution in [3.8, 4) is 0 Å². The monoisotopic (exact) mass is 419 g/mol. The minimum Gasteiger partial charge on any atom is -0.332 e. The lowest BCUT2D eigenvalue weighted by molar-refractivity contribution is -0.145. The van der Waals surface area contributed by atoms with Gasteiger partial charge in [0.1, 0.15) is 5.54 Å². The van der Waals surface area contributed by atoms with Crippen LogP contribution in [0.1, 0.15) is 30.9 Å². The number of rotatable bonds is 6. The number of para-hydroxylation sites is 1. The number of likely N-dealkylation sites (N-methyl/N-ethyl adjacent to an activating group) is 1. The van der Waals surface area contributed by atoms with Gasteiger partial charge in [-0.05, 0) is 63.9 Å². The zero-order valence-electron chi connectivity index (χ0n) is 17.3. The predicted molar refractivity (Wildman–Crippen MR) is 116 cm³/mol. The van der Waals surface area contributed by atoms with Crippen LogP contribution in [0.5, 0.6) is 0 Å². The summed E-state index contributed by atoms with van der Waals surface area (Å²) in [5, 5.41) is 10.6. The van der Waals surface area contributed by atoms with E-state index in [1.165, 1.54) is 0 Å². The van der Waals surface area contributed by atoms with Crippen LogP contribution in [-0.4, -0.2) is 52.7 Å². The molecule has 1 aliphatic rings. The van der Waals surface area contributed by atoms with E-state index in [1.54, 1.807) is 15.8 Å². The quantitative estimate of drug-likeness (QED) is 0.753. The maximum Gasteiger partial charge on any atom is 0.251 e. The van der Waals surface area contributed by atoms with Gasteiger partial charge < -0.3 is 15.5 Å². The van der Waals surface area contributed by atoms with Gasteiger partial charge in [-0.25, -0.2) is 0 Å². The summed E-state index contributed by atoms with van der Waals surface area (Å²) in [4.78, 5) is 27.9. The van der Waals surface area contributed by atoms with E-state index in [4.69, 9.17) is 0 Å². The molecule has 1 aromatic heterocycles. The minimum atomic E-state index is -0.733. The fourth-order valence-corrected chi connectivity index (χ4v) is 3.89. The zero-order chi connectivity index (χ0) is 20.1. The Morgan fingerprint density at radius 1 is 1.21 bits per heavy atom. The third kappa shape index (κ3) is 4.79. The maximum absolute atomic E-state index is 13.5. The number of carbonyl (C=O) groups excluding carboxylic acids is 2. The van der Waals surface area contributed by atoms with Crippen LogP contribution in [0.3, 0.4) is 0 Å². The third-order valence-electron chi connectivity index (χ3n) is 5.52. The number of aryl methyl sites for hydroxylation is 2. The predicted octanol–water partition coefficient (Wildman–Crippen LogP) is 2.49. The molecule has 158 valence electrons. The summed E-state index contributed by atoms with van der Waals surface area (Å²) < 4.78 is 1.77. The second-order valence-corrected chi connectivity index (χ2v) is 7.37. The molecule has 29 heavy (non-hydrogen) atoms. The van der Waals surface area contributed by atoms with Crippen molar-refractivity contribution in [1.29, 1.82) is 0 Å². The molecule has 1 saturated heterocycles. The lowest BCUT2D eigenvalue weighted by atomic mass is 9.86. The van der Waals surface area contributed by atoms with Crippen molar-refractivity contribution in [3.63, 3.8) is 0 Å². The van der Waals surface area contributed by atoms with Crippen LogP contribution in [0, 0.1) is 13.8 Å². The molecule has 2 amide bonds. The van der Waals surface area contributed by atoms with Crippen molar-refractivity contribution in [2.24, 2.45) is 0 Å². The van der Waals surface area contributed by atoms with Gasteiger partial charge in [-0.3, -0.25) is 14.3 Å². The Morgan fingerprint density at radius 3 is 2.41 bits per heavy atom. The molecule has 7 nitrogen and oxygen atoms in total. The largest absolute Gasteiger partial charge is 0.332 e. The molecule has 3 rings (SSSR count). The van der Waals surface area contributed by atoms with Crippen LogP contribution < -0.4 is 10.6 Å². The number of hydrogen-bond acceptors (Lipinski definition) is 4. The highest BCUT2D eigenvalue weighted by atomic mass is 35.5. The average molecular weight is 420 g/mol. The smallest absolute Gasteiger partial charge is 0.251 e. The van der Waals surface area contributed by atoms with Gasteiger partial charge in [-0.1, -0.05) is 18.2 Å². The Labute approximate surface area is 178 Å². The van der Waals surface area contributed by atoms with E-state index in [2.05, 4.69) is 15.7 Å². The van der Waals surface area contributed by atoms with Crippen LogP contribution in [0.15, 0.2) is 36.7 Å². The van der Waals surface area contributed by atoms with E-state index in [0.717, 1.165) is 29.9 Å². The van der Waals surface area contributed by atoms with Crippen LogP contribution in [0.4, 0.5) is 5.69 Å². The normalized spacial score (nSPS) is 15.3. The second kappa shape index (κ2) is 9.89. The number of anilines is 1. The fourth-order valence-electron chi connectivity index (χ4n) is 3.89. The standard InChI is InChI=1S/C21H29N5O2.ClH/c1-4-25(15-18(27)24-19-16(2)7-5-8-17(19)3)20(28)21(9-12-22-13-10-21)26-14-6-11-23-26;/h5-8,11,14,22H,4,9-10,12-13,15H2,1-3H3,(H,24,27);1H. The van der Waals surface area contributed by atoms with Gasteiger partial charge in [0.25, 0.3) is 5.91 Å². The SMILES string of the molecule is CCN(CC(=O)Nc1c(C)cccc1C)C(=O)C1(n2cccn2)CCNCC1.Cl. The van der Waals surface area contributed by atoms with E-state index < -0.39 is 5.54 Å². The molecule has 0 unspecified atom stereocenters. The van der Waals surface area contributed by atoms with E-state index in [9.17, 15) is 9.59 Å². The number of piperidine rings is 1. The highest BCUT2D eigenvalue weighted by Crippen LogP contribution is 2.29. The highest BCUT2D eigenvalue weighted by molar-refractivity contribution is 5.96.